The molecule has 1 aromatic rings. The minimum Gasteiger partial charge on any atom is -0.371 e. The van der Waals surface area contributed by atoms with E-state index in [0.29, 0.717) is 0 Å². The third-order valence-corrected chi connectivity index (χ3v) is 3.67. The quantitative estimate of drug-likeness (QED) is 0.815. The van der Waals surface area contributed by atoms with Crippen LogP contribution in [0.15, 0.2) is 37.6 Å². The van der Waals surface area contributed by atoms with Gasteiger partial charge >= 0.3 is 0 Å². The number of hydrogen-bond acceptors (Lipinski definition) is 2. The summed E-state index contributed by atoms with van der Waals surface area (Å²) >= 11 is 0. The molecule has 1 N–H and O–H groups in total. The molecule has 1 aliphatic rings. The van der Waals surface area contributed by atoms with Gasteiger partial charge in [-0.05, 0) is 37.1 Å². The van der Waals surface area contributed by atoms with E-state index in [1.165, 1.54) is 24.1 Å². The van der Waals surface area contributed by atoms with Gasteiger partial charge in [-0.1, -0.05) is 46.1 Å². The van der Waals surface area contributed by atoms with Crippen LogP contribution in [-0.4, -0.2) is 13.1 Å². The summed E-state index contributed by atoms with van der Waals surface area (Å²) in [6, 6.07) is 6.34. The van der Waals surface area contributed by atoms with Gasteiger partial charge in [-0.15, -0.1) is 0 Å². The highest BCUT2D eigenvalue weighted by atomic mass is 15.1. The van der Waals surface area contributed by atoms with Crippen LogP contribution in [0.2, 0.25) is 0 Å². The second-order valence-corrected chi connectivity index (χ2v) is 4.96. The molecular formula is C18H28N2. The number of hydrogen-bond donors (Lipinski definition) is 1. The van der Waals surface area contributed by atoms with Crippen LogP contribution >= 0.6 is 0 Å². The lowest BCUT2D eigenvalue weighted by atomic mass is 9.97. The van der Waals surface area contributed by atoms with Crippen molar-refractivity contribution >= 4 is 17.5 Å². The van der Waals surface area contributed by atoms with Gasteiger partial charge < -0.3 is 10.2 Å². The van der Waals surface area contributed by atoms with Crippen LogP contribution in [-0.2, 0) is 0 Å². The Morgan fingerprint density at radius 3 is 2.40 bits per heavy atom. The largest absolute Gasteiger partial charge is 0.371 e. The van der Waals surface area contributed by atoms with Crippen molar-refractivity contribution in [2.45, 2.75) is 33.6 Å². The van der Waals surface area contributed by atoms with Gasteiger partial charge in [0.25, 0.3) is 0 Å². The molecule has 0 unspecified atom stereocenters. The zero-order valence-corrected chi connectivity index (χ0v) is 13.2. The second-order valence-electron chi connectivity index (χ2n) is 4.96. The lowest BCUT2D eigenvalue weighted by Crippen LogP contribution is -2.33. The molecule has 2 nitrogen and oxygen atoms in total. The molecule has 0 bridgehead atoms. The number of anilines is 2. The first-order valence-corrected chi connectivity index (χ1v) is 7.64. The molecule has 1 aromatic carbocycles. The fraction of sp³-hybridized carbons (Fsp3) is 0.444. The highest BCUT2D eigenvalue weighted by Crippen LogP contribution is 2.31. The first kappa shape index (κ1) is 16.4. The summed E-state index contributed by atoms with van der Waals surface area (Å²) in [7, 11) is 0. The van der Waals surface area contributed by atoms with Gasteiger partial charge in [0.2, 0.25) is 0 Å². The highest BCUT2D eigenvalue weighted by Gasteiger charge is 2.18. The molecule has 0 aliphatic carbocycles. The number of piperidine rings is 1. The Morgan fingerprint density at radius 2 is 1.85 bits per heavy atom. The van der Waals surface area contributed by atoms with Gasteiger partial charge in [-0.25, -0.2) is 0 Å². The lowest BCUT2D eigenvalue weighted by molar-refractivity contribution is 0.438. The number of nitrogens with zero attached hydrogens (tertiary/aromatic N) is 1. The number of rotatable bonds is 4. The lowest BCUT2D eigenvalue weighted by Gasteiger charge is -2.33. The van der Waals surface area contributed by atoms with Crippen LogP contribution in [0.5, 0.6) is 0 Å². The smallest absolute Gasteiger partial charge is 0.0473 e. The zero-order valence-electron chi connectivity index (χ0n) is 13.2. The van der Waals surface area contributed by atoms with Gasteiger partial charge in [-0.3, -0.25) is 0 Å². The molecule has 0 amide bonds. The summed E-state index contributed by atoms with van der Waals surface area (Å²) in [6.45, 7) is 16.3. The molecular weight excluding hydrogens is 244 g/mol. The predicted octanol–water partition coefficient (Wildman–Crippen LogP) is 5.15. The Morgan fingerprint density at radius 1 is 1.20 bits per heavy atom. The highest BCUT2D eigenvalue weighted by molar-refractivity contribution is 5.78. The van der Waals surface area contributed by atoms with E-state index in [1.807, 2.05) is 19.9 Å². The molecule has 0 aromatic heterocycles. The molecule has 1 aliphatic heterocycles. The van der Waals surface area contributed by atoms with Gasteiger partial charge in [-0.2, -0.15) is 0 Å². The van der Waals surface area contributed by atoms with Gasteiger partial charge in [0, 0.05) is 30.0 Å². The molecule has 1 saturated heterocycles. The Bertz CT molecular complexity index is 429. The van der Waals surface area contributed by atoms with Crippen LogP contribution in [0, 0.1) is 5.92 Å². The van der Waals surface area contributed by atoms with Crippen molar-refractivity contribution < 1.29 is 0 Å². The van der Waals surface area contributed by atoms with Crippen molar-refractivity contribution in [3.05, 3.63) is 43.1 Å². The van der Waals surface area contributed by atoms with E-state index < -0.39 is 0 Å². The summed E-state index contributed by atoms with van der Waals surface area (Å²) < 4.78 is 0. The Balaban J connectivity index is 0.000000956. The fourth-order valence-corrected chi connectivity index (χ4v) is 2.53. The van der Waals surface area contributed by atoms with E-state index >= 15 is 0 Å². The molecule has 2 heteroatoms. The van der Waals surface area contributed by atoms with E-state index in [1.54, 1.807) is 6.20 Å². The van der Waals surface area contributed by atoms with Crippen LogP contribution in [0.3, 0.4) is 0 Å². The molecule has 2 rings (SSSR count). The van der Waals surface area contributed by atoms with Crippen LogP contribution in [0.4, 0.5) is 11.4 Å². The molecule has 110 valence electrons. The number of nitrogens with one attached hydrogen (secondary N) is 1. The average Bonchev–Trinajstić information content (AvgIpc) is 2.50. The second kappa shape index (κ2) is 8.47. The van der Waals surface area contributed by atoms with Crippen LogP contribution < -0.4 is 10.2 Å². The maximum atomic E-state index is 3.94. The van der Waals surface area contributed by atoms with E-state index in [-0.39, 0.29) is 0 Å². The summed E-state index contributed by atoms with van der Waals surface area (Å²) in [4.78, 5) is 2.46. The van der Waals surface area contributed by atoms with Gasteiger partial charge in [0.05, 0.1) is 0 Å². The molecule has 0 spiro atoms. The topological polar surface area (TPSA) is 15.3 Å². The van der Waals surface area contributed by atoms with Crippen LogP contribution in [0.1, 0.15) is 39.2 Å². The summed E-state index contributed by atoms with van der Waals surface area (Å²) in [6.07, 6.45) is 6.19. The van der Waals surface area contributed by atoms with E-state index in [9.17, 15) is 0 Å². The SMILES string of the molecule is C=CNc1cccc(N2CCC(C)CC2)c1C=C.CC. The van der Waals surface area contributed by atoms with E-state index in [0.717, 1.165) is 24.7 Å². The number of benzene rings is 1. The van der Waals surface area contributed by atoms with Gasteiger partial charge in [0.1, 0.15) is 0 Å². The third-order valence-electron chi connectivity index (χ3n) is 3.67. The van der Waals surface area contributed by atoms with Crippen molar-refractivity contribution in [1.29, 1.82) is 0 Å². The predicted molar refractivity (Wildman–Crippen MR) is 92.3 cm³/mol. The summed E-state index contributed by atoms with van der Waals surface area (Å²) in [5, 5.41) is 3.18. The Kier molecular flexibility index (Phi) is 6.92. The molecule has 20 heavy (non-hydrogen) atoms. The normalized spacial score (nSPS) is 15.1. The van der Waals surface area contributed by atoms with Crippen molar-refractivity contribution in [3.8, 4) is 0 Å². The minimum atomic E-state index is 0.850. The van der Waals surface area contributed by atoms with E-state index in [4.69, 9.17) is 0 Å². The van der Waals surface area contributed by atoms with Crippen molar-refractivity contribution in [2.75, 3.05) is 23.3 Å². The van der Waals surface area contributed by atoms with Crippen molar-refractivity contribution in [3.63, 3.8) is 0 Å². The fourth-order valence-electron chi connectivity index (χ4n) is 2.53. The van der Waals surface area contributed by atoms with Crippen LogP contribution in [0.25, 0.3) is 6.08 Å². The maximum Gasteiger partial charge on any atom is 0.0473 e. The van der Waals surface area contributed by atoms with Gasteiger partial charge in [0.15, 0.2) is 0 Å². The average molecular weight is 272 g/mol. The van der Waals surface area contributed by atoms with E-state index in [2.05, 4.69) is 48.5 Å². The Hall–Kier alpha value is -1.70. The van der Waals surface area contributed by atoms with Crippen molar-refractivity contribution in [2.24, 2.45) is 5.92 Å². The Labute approximate surface area is 124 Å². The third kappa shape index (κ3) is 3.89. The minimum absolute atomic E-state index is 0.850. The summed E-state index contributed by atoms with van der Waals surface area (Å²) in [5.74, 6) is 0.850. The molecule has 0 saturated carbocycles. The maximum absolute atomic E-state index is 3.94. The molecule has 0 atom stereocenters. The zero-order chi connectivity index (χ0) is 15.0. The molecule has 0 radical (unpaired) electrons. The standard InChI is InChI=1S/C16H22N2.C2H6/c1-4-14-15(17-5-2)7-6-8-16(14)18-11-9-13(3)10-12-18;1-2/h4-8,13,17H,1-2,9-12H2,3H3;1-2H3. The first-order chi connectivity index (χ1) is 9.76. The molecule has 1 fully saturated rings. The monoisotopic (exact) mass is 272 g/mol. The van der Waals surface area contributed by atoms with Crippen molar-refractivity contribution in [1.82, 2.24) is 0 Å². The molecule has 1 heterocycles. The first-order valence-electron chi connectivity index (χ1n) is 7.64. The summed E-state index contributed by atoms with van der Waals surface area (Å²) in [5.41, 5.74) is 3.53.